The number of nitrogens with one attached hydrogen (secondary N) is 1. The van der Waals surface area contributed by atoms with Gasteiger partial charge in [-0.15, -0.1) is 0 Å². The van der Waals surface area contributed by atoms with Gasteiger partial charge in [0, 0.05) is 23.1 Å². The molecule has 0 aliphatic carbocycles. The van der Waals surface area contributed by atoms with Gasteiger partial charge in [0.05, 0.1) is 6.61 Å². The molecule has 0 aliphatic rings. The minimum absolute atomic E-state index is 0.133. The van der Waals surface area contributed by atoms with Crippen molar-refractivity contribution in [2.45, 2.75) is 20.1 Å². The van der Waals surface area contributed by atoms with Crippen molar-refractivity contribution >= 4 is 15.9 Å². The van der Waals surface area contributed by atoms with Gasteiger partial charge in [-0.3, -0.25) is 0 Å². The largest absolute Gasteiger partial charge is 0.489 e. The molecule has 0 saturated carbocycles. The summed E-state index contributed by atoms with van der Waals surface area (Å²) in [5.74, 6) is 0.865. The van der Waals surface area contributed by atoms with Crippen LogP contribution in [0.4, 0.5) is 0 Å². The van der Waals surface area contributed by atoms with Crippen LogP contribution in [0.2, 0.25) is 0 Å². The molecule has 0 bridgehead atoms. The van der Waals surface area contributed by atoms with Crippen molar-refractivity contribution in [3.05, 3.63) is 63.6 Å². The summed E-state index contributed by atoms with van der Waals surface area (Å²) in [6.45, 7) is 4.00. The predicted octanol–water partition coefficient (Wildman–Crippen LogP) is 3.42. The number of hydrogen-bond acceptors (Lipinski definition) is 3. The fourth-order valence-electron chi connectivity index (χ4n) is 1.97. The number of benzene rings is 2. The van der Waals surface area contributed by atoms with Crippen LogP contribution in [-0.2, 0) is 13.2 Å². The summed E-state index contributed by atoms with van der Waals surface area (Å²) in [7, 11) is 0. The zero-order chi connectivity index (χ0) is 15.1. The topological polar surface area (TPSA) is 41.5 Å². The highest BCUT2D eigenvalue weighted by atomic mass is 79.9. The molecule has 0 radical (unpaired) electrons. The average molecular weight is 350 g/mol. The molecule has 2 aromatic rings. The third kappa shape index (κ3) is 5.16. The summed E-state index contributed by atoms with van der Waals surface area (Å²) in [5, 5.41) is 12.0. The minimum atomic E-state index is 0.133. The first-order chi connectivity index (χ1) is 10.2. The van der Waals surface area contributed by atoms with E-state index in [1.165, 1.54) is 5.56 Å². The number of hydrogen-bond donors (Lipinski definition) is 2. The van der Waals surface area contributed by atoms with Gasteiger partial charge >= 0.3 is 0 Å². The van der Waals surface area contributed by atoms with Crippen molar-refractivity contribution in [1.82, 2.24) is 5.32 Å². The second-order valence-electron chi connectivity index (χ2n) is 4.93. The van der Waals surface area contributed by atoms with Gasteiger partial charge in [0.2, 0.25) is 0 Å². The Balaban J connectivity index is 2.02. The molecule has 0 atom stereocenters. The molecular weight excluding hydrogens is 330 g/mol. The molecule has 0 aromatic heterocycles. The number of halogens is 1. The lowest BCUT2D eigenvalue weighted by molar-refractivity contribution is 0.288. The van der Waals surface area contributed by atoms with E-state index in [0.717, 1.165) is 21.3 Å². The maximum Gasteiger partial charge on any atom is 0.124 e. The molecule has 0 unspecified atom stereocenters. The number of rotatable bonds is 7. The van der Waals surface area contributed by atoms with Gasteiger partial charge in [-0.2, -0.15) is 0 Å². The Kier molecular flexibility index (Phi) is 6.23. The molecular formula is C17H20BrNO2. The maximum absolute atomic E-state index is 8.84. The van der Waals surface area contributed by atoms with Gasteiger partial charge in [0.1, 0.15) is 12.4 Å². The number of aliphatic hydroxyl groups excluding tert-OH is 1. The van der Waals surface area contributed by atoms with E-state index < -0.39 is 0 Å². The Bertz CT molecular complexity index is 570. The molecule has 0 saturated heterocycles. The van der Waals surface area contributed by atoms with Crippen molar-refractivity contribution < 1.29 is 9.84 Å². The zero-order valence-corrected chi connectivity index (χ0v) is 13.7. The SMILES string of the molecule is Cc1ccc(COc2ccc(Br)cc2CNCCO)cc1. The van der Waals surface area contributed by atoms with E-state index >= 15 is 0 Å². The van der Waals surface area contributed by atoms with Gasteiger partial charge in [0.25, 0.3) is 0 Å². The van der Waals surface area contributed by atoms with E-state index in [4.69, 9.17) is 9.84 Å². The van der Waals surface area contributed by atoms with Crippen molar-refractivity contribution in [1.29, 1.82) is 0 Å². The smallest absolute Gasteiger partial charge is 0.124 e. The van der Waals surface area contributed by atoms with Crippen molar-refractivity contribution in [3.8, 4) is 5.75 Å². The van der Waals surface area contributed by atoms with Gasteiger partial charge in [-0.1, -0.05) is 45.8 Å². The van der Waals surface area contributed by atoms with Crippen molar-refractivity contribution in [2.75, 3.05) is 13.2 Å². The summed E-state index contributed by atoms with van der Waals surface area (Å²) in [6, 6.07) is 14.3. The summed E-state index contributed by atoms with van der Waals surface area (Å²) < 4.78 is 6.94. The van der Waals surface area contributed by atoms with E-state index in [0.29, 0.717) is 19.7 Å². The van der Waals surface area contributed by atoms with Gasteiger partial charge in [-0.25, -0.2) is 0 Å². The summed E-state index contributed by atoms with van der Waals surface area (Å²) in [5.41, 5.74) is 3.47. The molecule has 2 aromatic carbocycles. The number of aryl methyl sites for hydroxylation is 1. The Hall–Kier alpha value is -1.36. The van der Waals surface area contributed by atoms with Crippen LogP contribution < -0.4 is 10.1 Å². The van der Waals surface area contributed by atoms with E-state index in [2.05, 4.69) is 52.4 Å². The summed E-state index contributed by atoms with van der Waals surface area (Å²) in [6.07, 6.45) is 0. The molecule has 4 heteroatoms. The van der Waals surface area contributed by atoms with Gasteiger partial charge < -0.3 is 15.2 Å². The highest BCUT2D eigenvalue weighted by Crippen LogP contribution is 2.24. The summed E-state index contributed by atoms with van der Waals surface area (Å²) in [4.78, 5) is 0. The molecule has 112 valence electrons. The molecule has 0 fully saturated rings. The molecule has 21 heavy (non-hydrogen) atoms. The van der Waals surface area contributed by atoms with E-state index in [1.807, 2.05) is 18.2 Å². The second kappa shape index (κ2) is 8.17. The molecule has 0 amide bonds. The normalized spacial score (nSPS) is 10.6. The Labute approximate surface area is 134 Å². The van der Waals surface area contributed by atoms with E-state index in [-0.39, 0.29) is 6.61 Å². The minimum Gasteiger partial charge on any atom is -0.489 e. The first-order valence-electron chi connectivity index (χ1n) is 6.97. The highest BCUT2D eigenvalue weighted by Gasteiger charge is 2.05. The van der Waals surface area contributed by atoms with Crippen molar-refractivity contribution in [2.24, 2.45) is 0 Å². The lowest BCUT2D eigenvalue weighted by Crippen LogP contribution is -2.18. The van der Waals surface area contributed by atoms with Crippen LogP contribution in [0.1, 0.15) is 16.7 Å². The highest BCUT2D eigenvalue weighted by molar-refractivity contribution is 9.10. The van der Waals surface area contributed by atoms with Gasteiger partial charge in [0.15, 0.2) is 0 Å². The van der Waals surface area contributed by atoms with E-state index in [9.17, 15) is 0 Å². The van der Waals surface area contributed by atoms with Crippen LogP contribution in [0.5, 0.6) is 5.75 Å². The first-order valence-corrected chi connectivity index (χ1v) is 7.76. The Morgan fingerprint density at radius 3 is 2.62 bits per heavy atom. The van der Waals surface area contributed by atoms with Crippen molar-refractivity contribution in [3.63, 3.8) is 0 Å². The van der Waals surface area contributed by atoms with Crippen LogP contribution in [0.25, 0.3) is 0 Å². The zero-order valence-electron chi connectivity index (χ0n) is 12.1. The number of ether oxygens (including phenoxy) is 1. The lowest BCUT2D eigenvalue weighted by Gasteiger charge is -2.13. The first kappa shape index (κ1) is 16.0. The molecule has 3 nitrogen and oxygen atoms in total. The molecule has 2 rings (SSSR count). The number of aliphatic hydroxyl groups is 1. The lowest BCUT2D eigenvalue weighted by atomic mass is 10.1. The summed E-state index contributed by atoms with van der Waals surface area (Å²) >= 11 is 3.48. The molecule has 0 spiro atoms. The van der Waals surface area contributed by atoms with Crippen LogP contribution in [-0.4, -0.2) is 18.3 Å². The fourth-order valence-corrected chi connectivity index (χ4v) is 2.38. The Morgan fingerprint density at radius 2 is 1.90 bits per heavy atom. The average Bonchev–Trinajstić information content (AvgIpc) is 2.48. The predicted molar refractivity (Wildman–Crippen MR) is 88.4 cm³/mol. The Morgan fingerprint density at radius 1 is 1.14 bits per heavy atom. The van der Waals surface area contributed by atoms with Crippen LogP contribution >= 0.6 is 15.9 Å². The quantitative estimate of drug-likeness (QED) is 0.752. The van der Waals surface area contributed by atoms with Gasteiger partial charge in [-0.05, 0) is 30.7 Å². The standard InChI is InChI=1S/C17H20BrNO2/c1-13-2-4-14(5-3-13)12-21-17-7-6-16(18)10-15(17)11-19-8-9-20/h2-7,10,19-20H,8-9,11-12H2,1H3. The maximum atomic E-state index is 8.84. The second-order valence-corrected chi connectivity index (χ2v) is 5.84. The van der Waals surface area contributed by atoms with Crippen LogP contribution in [0.15, 0.2) is 46.9 Å². The fraction of sp³-hybridized carbons (Fsp3) is 0.294. The molecule has 0 aliphatic heterocycles. The molecule has 0 heterocycles. The third-order valence-corrected chi connectivity index (χ3v) is 3.63. The third-order valence-electron chi connectivity index (χ3n) is 3.14. The van der Waals surface area contributed by atoms with E-state index in [1.54, 1.807) is 0 Å². The monoisotopic (exact) mass is 349 g/mol. The van der Waals surface area contributed by atoms with Crippen LogP contribution in [0, 0.1) is 6.92 Å². The molecule has 2 N–H and O–H groups in total. The van der Waals surface area contributed by atoms with Crippen LogP contribution in [0.3, 0.4) is 0 Å².